The second-order valence-electron chi connectivity index (χ2n) is 6.12. The Morgan fingerprint density at radius 3 is 2.87 bits per heavy atom. The Bertz CT molecular complexity index is 1090. The Morgan fingerprint density at radius 2 is 2.07 bits per heavy atom. The molecule has 152 valence electrons. The number of fused-ring (bicyclic) bond motifs is 1. The quantitative estimate of drug-likeness (QED) is 0.544. The molecule has 3 amide bonds. The van der Waals surface area contributed by atoms with E-state index in [1.54, 1.807) is 25.4 Å². The second kappa shape index (κ2) is 9.84. The number of anilines is 1. The van der Waals surface area contributed by atoms with Crippen molar-refractivity contribution in [1.82, 2.24) is 25.8 Å². The minimum atomic E-state index is -0.712. The van der Waals surface area contributed by atoms with Gasteiger partial charge in [0.25, 0.3) is 0 Å². The van der Waals surface area contributed by atoms with Gasteiger partial charge in [-0.05, 0) is 30.0 Å². The SMILES string of the molecule is C#CCOC(=O)NC(c1ccnnc1NC(=O)NCC)c1cccc2ccncc12. The van der Waals surface area contributed by atoms with Gasteiger partial charge >= 0.3 is 12.1 Å². The standard InChI is InChI=1S/C21H20N6O3/c1-3-12-30-21(29)25-18(15-7-5-6-14-8-10-22-13-17(14)15)16-9-11-24-27-19(16)26-20(28)23-4-2/h1,5-11,13,18H,4,12H2,2H3,(H,25,29)(H2,23,26,27,28). The van der Waals surface area contributed by atoms with E-state index in [0.29, 0.717) is 12.1 Å². The lowest BCUT2D eigenvalue weighted by atomic mass is 9.95. The van der Waals surface area contributed by atoms with Gasteiger partial charge in [0.05, 0.1) is 12.2 Å². The molecule has 3 rings (SSSR count). The van der Waals surface area contributed by atoms with Gasteiger partial charge in [-0.15, -0.1) is 11.5 Å². The lowest BCUT2D eigenvalue weighted by Gasteiger charge is -2.22. The van der Waals surface area contributed by atoms with Crippen molar-refractivity contribution in [3.05, 3.63) is 60.0 Å². The Kier molecular flexibility index (Phi) is 6.74. The molecule has 9 heteroatoms. The fraction of sp³-hybridized carbons (Fsp3) is 0.190. The highest BCUT2D eigenvalue weighted by atomic mass is 16.5. The average Bonchev–Trinajstić information content (AvgIpc) is 2.76. The Morgan fingerprint density at radius 1 is 1.20 bits per heavy atom. The number of ether oxygens (including phenoxy) is 1. The summed E-state index contributed by atoms with van der Waals surface area (Å²) in [5.74, 6) is 2.45. The van der Waals surface area contributed by atoms with Gasteiger partial charge in [0.2, 0.25) is 0 Å². The van der Waals surface area contributed by atoms with E-state index in [-0.39, 0.29) is 12.4 Å². The number of hydrogen-bond donors (Lipinski definition) is 3. The molecule has 0 aliphatic carbocycles. The third-order valence-electron chi connectivity index (χ3n) is 4.21. The van der Waals surface area contributed by atoms with Crippen LogP contribution in [0.3, 0.4) is 0 Å². The second-order valence-corrected chi connectivity index (χ2v) is 6.12. The van der Waals surface area contributed by atoms with Crippen LogP contribution in [0.2, 0.25) is 0 Å². The monoisotopic (exact) mass is 404 g/mol. The number of alkyl carbamates (subject to hydrolysis) is 1. The van der Waals surface area contributed by atoms with Gasteiger partial charge in [-0.3, -0.25) is 10.3 Å². The van der Waals surface area contributed by atoms with Crippen LogP contribution in [0.15, 0.2) is 48.9 Å². The van der Waals surface area contributed by atoms with E-state index in [0.717, 1.165) is 16.3 Å². The summed E-state index contributed by atoms with van der Waals surface area (Å²) < 4.78 is 5.00. The molecule has 0 saturated heterocycles. The number of aromatic nitrogens is 3. The summed E-state index contributed by atoms with van der Waals surface area (Å²) in [6.45, 7) is 2.07. The molecule has 0 saturated carbocycles. The summed E-state index contributed by atoms with van der Waals surface area (Å²) in [7, 11) is 0. The molecule has 0 spiro atoms. The predicted octanol–water partition coefficient (Wildman–Crippen LogP) is 2.62. The topological polar surface area (TPSA) is 118 Å². The van der Waals surface area contributed by atoms with Crippen LogP contribution in [0.4, 0.5) is 15.4 Å². The Balaban J connectivity index is 2.08. The third-order valence-corrected chi connectivity index (χ3v) is 4.21. The van der Waals surface area contributed by atoms with Crippen LogP contribution in [0.5, 0.6) is 0 Å². The lowest BCUT2D eigenvalue weighted by Crippen LogP contribution is -2.33. The fourth-order valence-electron chi connectivity index (χ4n) is 2.96. The maximum atomic E-state index is 12.4. The van der Waals surface area contributed by atoms with Gasteiger partial charge in [0.1, 0.15) is 0 Å². The Hall–Kier alpha value is -4.19. The number of amides is 3. The number of urea groups is 1. The molecule has 9 nitrogen and oxygen atoms in total. The predicted molar refractivity (Wildman–Crippen MR) is 112 cm³/mol. The van der Waals surface area contributed by atoms with Crippen molar-refractivity contribution in [2.75, 3.05) is 18.5 Å². The maximum absolute atomic E-state index is 12.4. The van der Waals surface area contributed by atoms with Crippen LogP contribution >= 0.6 is 0 Å². The average molecular weight is 404 g/mol. The molecule has 1 atom stereocenters. The third kappa shape index (κ3) is 4.80. The molecule has 1 aromatic carbocycles. The van der Waals surface area contributed by atoms with Crippen molar-refractivity contribution >= 4 is 28.7 Å². The summed E-state index contributed by atoms with van der Waals surface area (Å²) in [5, 5.41) is 17.7. The zero-order chi connectivity index (χ0) is 21.3. The van der Waals surface area contributed by atoms with Crippen molar-refractivity contribution in [3.63, 3.8) is 0 Å². The molecule has 3 N–H and O–H groups in total. The number of hydrogen-bond acceptors (Lipinski definition) is 6. The minimum absolute atomic E-state index is 0.172. The number of nitrogens with zero attached hydrogens (tertiary/aromatic N) is 3. The van der Waals surface area contributed by atoms with Crippen LogP contribution < -0.4 is 16.0 Å². The highest BCUT2D eigenvalue weighted by Crippen LogP contribution is 2.31. The van der Waals surface area contributed by atoms with Crippen LogP contribution in [-0.4, -0.2) is 40.5 Å². The first-order valence-corrected chi connectivity index (χ1v) is 9.19. The van der Waals surface area contributed by atoms with E-state index in [4.69, 9.17) is 11.2 Å². The highest BCUT2D eigenvalue weighted by molar-refractivity contribution is 5.90. The van der Waals surface area contributed by atoms with E-state index < -0.39 is 18.2 Å². The summed E-state index contributed by atoms with van der Waals surface area (Å²) in [4.78, 5) is 28.6. The molecular formula is C21H20N6O3. The number of terminal acetylenes is 1. The first-order chi connectivity index (χ1) is 14.6. The van der Waals surface area contributed by atoms with Crippen molar-refractivity contribution in [1.29, 1.82) is 0 Å². The number of nitrogens with one attached hydrogen (secondary N) is 3. The Labute approximate surface area is 173 Å². The van der Waals surface area contributed by atoms with Gasteiger partial charge in [0, 0.05) is 29.9 Å². The smallest absolute Gasteiger partial charge is 0.408 e. The van der Waals surface area contributed by atoms with Crippen molar-refractivity contribution in [2.45, 2.75) is 13.0 Å². The zero-order valence-corrected chi connectivity index (χ0v) is 16.3. The van der Waals surface area contributed by atoms with Crippen molar-refractivity contribution in [2.24, 2.45) is 0 Å². The first-order valence-electron chi connectivity index (χ1n) is 9.19. The molecule has 3 aromatic rings. The summed E-state index contributed by atoms with van der Waals surface area (Å²) >= 11 is 0. The summed E-state index contributed by atoms with van der Waals surface area (Å²) in [6.07, 6.45) is 9.33. The molecule has 0 bridgehead atoms. The molecule has 0 fully saturated rings. The number of pyridine rings is 1. The molecule has 0 aliphatic heterocycles. The van der Waals surface area contributed by atoms with E-state index in [2.05, 4.69) is 37.1 Å². The van der Waals surface area contributed by atoms with Gasteiger partial charge in [-0.1, -0.05) is 24.1 Å². The zero-order valence-electron chi connectivity index (χ0n) is 16.3. The highest BCUT2D eigenvalue weighted by Gasteiger charge is 2.24. The van der Waals surface area contributed by atoms with Gasteiger partial charge in [0.15, 0.2) is 12.4 Å². The molecule has 0 aliphatic rings. The lowest BCUT2D eigenvalue weighted by molar-refractivity contribution is 0.157. The van der Waals surface area contributed by atoms with E-state index in [9.17, 15) is 9.59 Å². The van der Waals surface area contributed by atoms with E-state index in [1.807, 2.05) is 24.3 Å². The summed E-state index contributed by atoms with van der Waals surface area (Å²) in [6, 6.07) is 8.04. The number of benzene rings is 1. The largest absolute Gasteiger partial charge is 0.436 e. The van der Waals surface area contributed by atoms with E-state index in [1.165, 1.54) is 6.20 Å². The number of rotatable bonds is 6. The fourth-order valence-corrected chi connectivity index (χ4v) is 2.96. The van der Waals surface area contributed by atoms with Gasteiger partial charge in [-0.2, -0.15) is 5.10 Å². The molecule has 1 unspecified atom stereocenters. The number of carbonyl (C=O) groups is 2. The normalized spacial score (nSPS) is 11.2. The molecular weight excluding hydrogens is 384 g/mol. The van der Waals surface area contributed by atoms with Crippen LogP contribution in [0.1, 0.15) is 24.1 Å². The molecule has 0 radical (unpaired) electrons. The van der Waals surface area contributed by atoms with Gasteiger partial charge in [-0.25, -0.2) is 9.59 Å². The van der Waals surface area contributed by atoms with Crippen molar-refractivity contribution < 1.29 is 14.3 Å². The minimum Gasteiger partial charge on any atom is -0.436 e. The van der Waals surface area contributed by atoms with Crippen LogP contribution in [0, 0.1) is 12.3 Å². The maximum Gasteiger partial charge on any atom is 0.408 e. The van der Waals surface area contributed by atoms with Crippen LogP contribution in [0.25, 0.3) is 10.8 Å². The molecule has 2 heterocycles. The summed E-state index contributed by atoms with van der Waals surface area (Å²) in [5.41, 5.74) is 1.26. The first kappa shape index (κ1) is 20.5. The number of carbonyl (C=O) groups excluding carboxylic acids is 2. The molecule has 30 heavy (non-hydrogen) atoms. The van der Waals surface area contributed by atoms with Crippen LogP contribution in [-0.2, 0) is 4.74 Å². The van der Waals surface area contributed by atoms with Gasteiger partial charge < -0.3 is 15.4 Å². The van der Waals surface area contributed by atoms with E-state index >= 15 is 0 Å². The molecule has 2 aromatic heterocycles. The van der Waals surface area contributed by atoms with Crippen molar-refractivity contribution in [3.8, 4) is 12.3 Å².